The molecule has 1 aromatic heterocycles. The van der Waals surface area contributed by atoms with Gasteiger partial charge in [-0.05, 0) is 29.3 Å². The van der Waals surface area contributed by atoms with E-state index in [-0.39, 0.29) is 17.2 Å². The number of carbonyl (C=O) groups is 2. The molecule has 0 saturated heterocycles. The van der Waals surface area contributed by atoms with Crippen molar-refractivity contribution in [1.82, 2.24) is 4.98 Å². The number of halogens is 1. The van der Waals surface area contributed by atoms with Crippen LogP contribution in [0.4, 0.5) is 0 Å². The Labute approximate surface area is 191 Å². The Morgan fingerprint density at radius 2 is 1.81 bits per heavy atom. The molecule has 4 atom stereocenters. The van der Waals surface area contributed by atoms with Crippen LogP contribution in [-0.4, -0.2) is 34.1 Å². The van der Waals surface area contributed by atoms with E-state index in [2.05, 4.69) is 20.9 Å². The number of benzene rings is 2. The number of aliphatic hydroxyl groups is 1. The summed E-state index contributed by atoms with van der Waals surface area (Å²) in [6.45, 7) is 0. The number of Topliss-reactive ketones (excluding diaryl/α,β-unsaturated/α-hetero) is 1. The molecule has 7 nitrogen and oxygen atoms in total. The summed E-state index contributed by atoms with van der Waals surface area (Å²) in [4.78, 5) is 30.4. The standard InChI is InChI=1S/C24H18BrNO6/c1-31-21-19-16(11-12-26-21)32-24(14-7-9-15(25)10-8-14)18(13-5-3-2-4-6-13)17(22(28)29)20(27)23(19,24)30/h2-12,17-18,30H,1H3,(H,28,29)/t17-,18-,23+,24+/m1/s1. The fraction of sp³-hybridized carbons (Fsp3) is 0.208. The van der Waals surface area contributed by atoms with Crippen LogP contribution < -0.4 is 9.47 Å². The van der Waals surface area contributed by atoms with Crippen LogP contribution in [0.3, 0.4) is 0 Å². The quantitative estimate of drug-likeness (QED) is 0.534. The van der Waals surface area contributed by atoms with Crippen LogP contribution in [0, 0.1) is 5.92 Å². The predicted octanol–water partition coefficient (Wildman–Crippen LogP) is 3.40. The Morgan fingerprint density at radius 1 is 1.12 bits per heavy atom. The van der Waals surface area contributed by atoms with Gasteiger partial charge in [0.15, 0.2) is 11.4 Å². The fourth-order valence-corrected chi connectivity index (χ4v) is 5.39. The van der Waals surface area contributed by atoms with Crippen molar-refractivity contribution in [3.8, 4) is 11.6 Å². The summed E-state index contributed by atoms with van der Waals surface area (Å²) in [5.74, 6) is -4.54. The molecular formula is C24H18BrNO6. The lowest BCUT2D eigenvalue weighted by molar-refractivity contribution is -0.154. The highest BCUT2D eigenvalue weighted by Gasteiger charge is 2.78. The maximum atomic E-state index is 13.8. The molecule has 0 amide bonds. The molecule has 1 aliphatic carbocycles. The van der Waals surface area contributed by atoms with E-state index >= 15 is 0 Å². The summed E-state index contributed by atoms with van der Waals surface area (Å²) in [7, 11) is 1.37. The molecule has 3 aromatic rings. The number of hydrogen-bond donors (Lipinski definition) is 2. The second-order valence-corrected chi connectivity index (χ2v) is 8.73. The SMILES string of the molecule is COc1nccc2c1[C@]1(O)C(=O)[C@H](C(=O)O)[C@@H](c3ccccc3)[C@]1(c1ccc(Br)cc1)O2. The summed E-state index contributed by atoms with van der Waals surface area (Å²) in [5, 5.41) is 22.3. The Bertz CT molecular complexity index is 1230. The van der Waals surface area contributed by atoms with E-state index in [0.29, 0.717) is 11.1 Å². The zero-order valence-corrected chi connectivity index (χ0v) is 18.4. The average Bonchev–Trinajstić information content (AvgIpc) is 3.18. The van der Waals surface area contributed by atoms with Gasteiger partial charge in [-0.1, -0.05) is 58.4 Å². The number of fused-ring (bicyclic) bond motifs is 3. The largest absolute Gasteiger partial charge is 0.481 e. The lowest BCUT2D eigenvalue weighted by atomic mass is 9.71. The molecule has 0 radical (unpaired) electrons. The van der Waals surface area contributed by atoms with Crippen molar-refractivity contribution in [2.45, 2.75) is 17.1 Å². The number of hydrogen-bond acceptors (Lipinski definition) is 6. The molecule has 0 bridgehead atoms. The molecule has 0 unspecified atom stereocenters. The van der Waals surface area contributed by atoms with Gasteiger partial charge in [-0.2, -0.15) is 0 Å². The number of aliphatic carboxylic acids is 1. The van der Waals surface area contributed by atoms with Gasteiger partial charge < -0.3 is 19.7 Å². The van der Waals surface area contributed by atoms with Gasteiger partial charge in [0.2, 0.25) is 11.5 Å². The molecule has 162 valence electrons. The minimum Gasteiger partial charge on any atom is -0.481 e. The number of aromatic nitrogens is 1. The van der Waals surface area contributed by atoms with Crippen molar-refractivity contribution in [3.05, 3.63) is 88.0 Å². The lowest BCUT2D eigenvalue weighted by Gasteiger charge is -2.39. The molecule has 32 heavy (non-hydrogen) atoms. The number of rotatable bonds is 4. The van der Waals surface area contributed by atoms with Crippen LogP contribution in [0.25, 0.3) is 0 Å². The Morgan fingerprint density at radius 3 is 2.44 bits per heavy atom. The first-order valence-corrected chi connectivity index (χ1v) is 10.7. The van der Waals surface area contributed by atoms with Crippen LogP contribution in [-0.2, 0) is 20.8 Å². The number of carbonyl (C=O) groups excluding carboxylic acids is 1. The third-order valence-corrected chi connectivity index (χ3v) is 6.88. The number of pyridine rings is 1. The van der Waals surface area contributed by atoms with E-state index in [1.807, 2.05) is 0 Å². The van der Waals surface area contributed by atoms with E-state index < -0.39 is 34.8 Å². The van der Waals surface area contributed by atoms with Crippen LogP contribution >= 0.6 is 15.9 Å². The first-order valence-electron chi connectivity index (χ1n) is 9.89. The maximum absolute atomic E-state index is 13.8. The van der Waals surface area contributed by atoms with E-state index in [1.54, 1.807) is 60.7 Å². The van der Waals surface area contributed by atoms with E-state index in [9.17, 15) is 19.8 Å². The number of ketones is 1. The third kappa shape index (κ3) is 2.47. The number of ether oxygens (including phenoxy) is 2. The number of carboxylic acid groups (broad SMARTS) is 1. The second kappa shape index (κ2) is 7.15. The highest BCUT2D eigenvalue weighted by Crippen LogP contribution is 2.68. The monoisotopic (exact) mass is 495 g/mol. The van der Waals surface area contributed by atoms with Crippen molar-refractivity contribution in [3.63, 3.8) is 0 Å². The molecule has 1 aliphatic heterocycles. The zero-order valence-electron chi connectivity index (χ0n) is 16.9. The van der Waals surface area contributed by atoms with Crippen LogP contribution in [0.5, 0.6) is 11.6 Å². The van der Waals surface area contributed by atoms with E-state index in [1.165, 1.54) is 13.3 Å². The number of nitrogens with zero attached hydrogens (tertiary/aromatic N) is 1. The van der Waals surface area contributed by atoms with E-state index in [4.69, 9.17) is 9.47 Å². The maximum Gasteiger partial charge on any atom is 0.314 e. The molecule has 1 fully saturated rings. The first kappa shape index (κ1) is 20.7. The molecular weight excluding hydrogens is 478 g/mol. The molecule has 0 spiro atoms. The lowest BCUT2D eigenvalue weighted by Crippen LogP contribution is -2.50. The minimum atomic E-state index is -2.33. The van der Waals surface area contributed by atoms with Crippen molar-refractivity contribution in [1.29, 1.82) is 0 Å². The Balaban J connectivity index is 1.90. The molecule has 2 N–H and O–H groups in total. The number of carboxylic acids is 1. The third-order valence-electron chi connectivity index (χ3n) is 6.35. The van der Waals surface area contributed by atoms with E-state index in [0.717, 1.165) is 4.47 Å². The summed E-state index contributed by atoms with van der Waals surface area (Å²) in [6.07, 6.45) is 1.45. The summed E-state index contributed by atoms with van der Waals surface area (Å²) < 4.78 is 12.6. The van der Waals surface area contributed by atoms with Crippen LogP contribution in [0.1, 0.15) is 22.6 Å². The Hall–Kier alpha value is -3.23. The van der Waals surface area contributed by atoms with Gasteiger partial charge in [0.05, 0.1) is 18.6 Å². The van der Waals surface area contributed by atoms with Gasteiger partial charge >= 0.3 is 5.97 Å². The molecule has 2 aromatic carbocycles. The highest BCUT2D eigenvalue weighted by atomic mass is 79.9. The summed E-state index contributed by atoms with van der Waals surface area (Å²) in [6, 6.07) is 17.3. The smallest absolute Gasteiger partial charge is 0.314 e. The topological polar surface area (TPSA) is 106 Å². The van der Waals surface area contributed by atoms with Crippen molar-refractivity contribution < 1.29 is 29.3 Å². The normalized spacial score (nSPS) is 28.0. The molecule has 1 saturated carbocycles. The van der Waals surface area contributed by atoms with Gasteiger partial charge in [0.1, 0.15) is 11.7 Å². The van der Waals surface area contributed by atoms with Crippen molar-refractivity contribution >= 4 is 27.7 Å². The van der Waals surface area contributed by atoms with Crippen LogP contribution in [0.15, 0.2) is 71.3 Å². The van der Waals surface area contributed by atoms with Crippen molar-refractivity contribution in [2.75, 3.05) is 7.11 Å². The minimum absolute atomic E-state index is 0.00943. The number of methoxy groups -OCH3 is 1. The summed E-state index contributed by atoms with van der Waals surface area (Å²) >= 11 is 3.40. The van der Waals surface area contributed by atoms with Crippen molar-refractivity contribution in [2.24, 2.45) is 5.92 Å². The van der Waals surface area contributed by atoms with Gasteiger partial charge in [-0.25, -0.2) is 4.98 Å². The van der Waals surface area contributed by atoms with Gasteiger partial charge in [-0.15, -0.1) is 0 Å². The highest BCUT2D eigenvalue weighted by molar-refractivity contribution is 9.10. The predicted molar refractivity (Wildman–Crippen MR) is 116 cm³/mol. The van der Waals surface area contributed by atoms with Crippen LogP contribution in [0.2, 0.25) is 0 Å². The van der Waals surface area contributed by atoms with Gasteiger partial charge in [-0.3, -0.25) is 9.59 Å². The fourth-order valence-electron chi connectivity index (χ4n) is 5.12. The Kier molecular flexibility index (Phi) is 4.61. The second-order valence-electron chi connectivity index (χ2n) is 7.82. The molecule has 2 heterocycles. The zero-order chi connectivity index (χ0) is 22.7. The molecule has 2 aliphatic rings. The first-order chi connectivity index (χ1) is 15.4. The molecule has 5 rings (SSSR count). The summed E-state index contributed by atoms with van der Waals surface area (Å²) in [5.41, 5.74) is -3.01. The van der Waals surface area contributed by atoms with Gasteiger partial charge in [0, 0.05) is 10.7 Å². The van der Waals surface area contributed by atoms with Gasteiger partial charge in [0.25, 0.3) is 0 Å². The molecule has 8 heteroatoms. The average molecular weight is 496 g/mol.